The number of guanidine groups is 1. The molecular formula is C20H33FIN3O2. The third-order valence-electron chi connectivity index (χ3n) is 4.52. The van der Waals surface area contributed by atoms with Gasteiger partial charge in [0, 0.05) is 27.3 Å². The van der Waals surface area contributed by atoms with E-state index in [2.05, 4.69) is 15.6 Å². The standard InChI is InChI=1S/C20H32FN3O2.HI/c1-15(24-20(22-2)23-11-5-4-6-12-25-3)17-9-10-19(18(21)13-17)26-14-16-7-8-16;/h9-10,13,15-16H,4-8,11-12,14H2,1-3H3,(H2,22,23,24);1H. The monoisotopic (exact) mass is 493 g/mol. The molecule has 2 rings (SSSR count). The second kappa shape index (κ2) is 13.1. The molecule has 1 aromatic rings. The molecule has 1 aliphatic carbocycles. The van der Waals surface area contributed by atoms with E-state index in [1.54, 1.807) is 20.2 Å². The van der Waals surface area contributed by atoms with Crippen LogP contribution in [0.1, 0.15) is 50.6 Å². The number of nitrogens with zero attached hydrogens (tertiary/aromatic N) is 1. The summed E-state index contributed by atoms with van der Waals surface area (Å²) in [6.07, 6.45) is 5.62. The second-order valence-electron chi connectivity index (χ2n) is 6.86. The lowest BCUT2D eigenvalue weighted by molar-refractivity contribution is 0.192. The van der Waals surface area contributed by atoms with Crippen molar-refractivity contribution >= 4 is 29.9 Å². The van der Waals surface area contributed by atoms with Gasteiger partial charge in [-0.1, -0.05) is 6.07 Å². The van der Waals surface area contributed by atoms with Crippen LogP contribution in [0.3, 0.4) is 0 Å². The first-order valence-electron chi connectivity index (χ1n) is 9.52. The van der Waals surface area contributed by atoms with E-state index >= 15 is 0 Å². The zero-order chi connectivity index (χ0) is 18.8. The zero-order valence-electron chi connectivity index (χ0n) is 16.6. The van der Waals surface area contributed by atoms with Crippen molar-refractivity contribution in [1.29, 1.82) is 0 Å². The molecule has 0 aliphatic heterocycles. The summed E-state index contributed by atoms with van der Waals surface area (Å²) in [5, 5.41) is 6.59. The molecule has 154 valence electrons. The summed E-state index contributed by atoms with van der Waals surface area (Å²) in [5.74, 6) is 1.36. The highest BCUT2D eigenvalue weighted by Crippen LogP contribution is 2.30. The van der Waals surface area contributed by atoms with Crippen LogP contribution in [0.15, 0.2) is 23.2 Å². The van der Waals surface area contributed by atoms with Gasteiger partial charge in [-0.05, 0) is 62.6 Å². The lowest BCUT2D eigenvalue weighted by Crippen LogP contribution is -2.39. The van der Waals surface area contributed by atoms with Crippen LogP contribution >= 0.6 is 24.0 Å². The van der Waals surface area contributed by atoms with Crippen molar-refractivity contribution in [3.63, 3.8) is 0 Å². The Morgan fingerprint density at radius 1 is 1.30 bits per heavy atom. The molecule has 1 fully saturated rings. The van der Waals surface area contributed by atoms with Crippen LogP contribution < -0.4 is 15.4 Å². The molecule has 7 heteroatoms. The molecule has 0 radical (unpaired) electrons. The molecule has 2 N–H and O–H groups in total. The van der Waals surface area contributed by atoms with Gasteiger partial charge in [0.05, 0.1) is 12.6 Å². The van der Waals surface area contributed by atoms with Gasteiger partial charge >= 0.3 is 0 Å². The van der Waals surface area contributed by atoms with Crippen molar-refractivity contribution in [2.45, 2.75) is 45.1 Å². The third kappa shape index (κ3) is 9.10. The Hall–Kier alpha value is -1.09. The number of hydrogen-bond acceptors (Lipinski definition) is 3. The summed E-state index contributed by atoms with van der Waals surface area (Å²) in [4.78, 5) is 4.23. The maximum absolute atomic E-state index is 14.2. The van der Waals surface area contributed by atoms with Gasteiger partial charge in [0.1, 0.15) is 0 Å². The number of benzene rings is 1. The van der Waals surface area contributed by atoms with E-state index in [9.17, 15) is 4.39 Å². The van der Waals surface area contributed by atoms with Crippen molar-refractivity contribution in [3.05, 3.63) is 29.6 Å². The molecule has 0 bridgehead atoms. The van der Waals surface area contributed by atoms with E-state index < -0.39 is 0 Å². The zero-order valence-corrected chi connectivity index (χ0v) is 18.9. The SMILES string of the molecule is CN=C(NCCCCCOC)NC(C)c1ccc(OCC2CC2)c(F)c1.I. The minimum absolute atomic E-state index is 0. The van der Waals surface area contributed by atoms with Gasteiger partial charge < -0.3 is 20.1 Å². The molecule has 0 amide bonds. The van der Waals surface area contributed by atoms with Crippen LogP contribution in [0.4, 0.5) is 4.39 Å². The lowest BCUT2D eigenvalue weighted by Gasteiger charge is -2.19. The number of methoxy groups -OCH3 is 1. The molecule has 1 aromatic carbocycles. The summed E-state index contributed by atoms with van der Waals surface area (Å²) in [6, 6.07) is 5.11. The van der Waals surface area contributed by atoms with Crippen LogP contribution in [-0.2, 0) is 4.74 Å². The minimum Gasteiger partial charge on any atom is -0.490 e. The molecule has 0 spiro atoms. The summed E-state index contributed by atoms with van der Waals surface area (Å²) in [6.45, 7) is 4.25. The predicted molar refractivity (Wildman–Crippen MR) is 119 cm³/mol. The first-order valence-corrected chi connectivity index (χ1v) is 9.52. The van der Waals surface area contributed by atoms with Crippen molar-refractivity contribution < 1.29 is 13.9 Å². The summed E-state index contributed by atoms with van der Waals surface area (Å²) in [7, 11) is 3.46. The number of nitrogens with one attached hydrogen (secondary N) is 2. The van der Waals surface area contributed by atoms with E-state index in [4.69, 9.17) is 9.47 Å². The molecule has 0 saturated heterocycles. The fourth-order valence-corrected chi connectivity index (χ4v) is 2.63. The van der Waals surface area contributed by atoms with Crippen LogP contribution in [-0.4, -0.2) is 39.9 Å². The average Bonchev–Trinajstić information content (AvgIpc) is 3.46. The van der Waals surface area contributed by atoms with Crippen molar-refractivity contribution in [1.82, 2.24) is 10.6 Å². The second-order valence-corrected chi connectivity index (χ2v) is 6.86. The smallest absolute Gasteiger partial charge is 0.191 e. The maximum Gasteiger partial charge on any atom is 0.191 e. The van der Waals surface area contributed by atoms with E-state index in [-0.39, 0.29) is 35.8 Å². The Morgan fingerprint density at radius 3 is 2.70 bits per heavy atom. The van der Waals surface area contributed by atoms with Gasteiger partial charge in [-0.25, -0.2) is 4.39 Å². The number of ether oxygens (including phenoxy) is 2. The van der Waals surface area contributed by atoms with Gasteiger partial charge in [0.25, 0.3) is 0 Å². The normalized spacial score (nSPS) is 15.0. The van der Waals surface area contributed by atoms with Crippen LogP contribution in [0.25, 0.3) is 0 Å². The number of halogens is 2. The van der Waals surface area contributed by atoms with Crippen LogP contribution in [0.2, 0.25) is 0 Å². The van der Waals surface area contributed by atoms with Gasteiger partial charge in [0.15, 0.2) is 17.5 Å². The molecule has 1 atom stereocenters. The van der Waals surface area contributed by atoms with Crippen LogP contribution in [0, 0.1) is 11.7 Å². The first-order chi connectivity index (χ1) is 12.6. The molecule has 1 aliphatic rings. The lowest BCUT2D eigenvalue weighted by atomic mass is 10.1. The highest BCUT2D eigenvalue weighted by Gasteiger charge is 2.22. The summed E-state index contributed by atoms with van der Waals surface area (Å²) in [5.41, 5.74) is 0.865. The van der Waals surface area contributed by atoms with Crippen molar-refractivity contribution in [2.75, 3.05) is 33.9 Å². The Bertz CT molecular complexity index is 582. The summed E-state index contributed by atoms with van der Waals surface area (Å²) >= 11 is 0. The van der Waals surface area contributed by atoms with Crippen molar-refractivity contribution in [3.8, 4) is 5.75 Å². The van der Waals surface area contributed by atoms with Gasteiger partial charge in [0.2, 0.25) is 0 Å². The predicted octanol–water partition coefficient (Wildman–Crippen LogP) is 4.28. The van der Waals surface area contributed by atoms with E-state index in [1.807, 2.05) is 13.0 Å². The number of unbranched alkanes of at least 4 members (excludes halogenated alkanes) is 2. The first kappa shape index (κ1) is 23.9. The summed E-state index contributed by atoms with van der Waals surface area (Å²) < 4.78 is 24.8. The van der Waals surface area contributed by atoms with E-state index in [0.29, 0.717) is 18.3 Å². The average molecular weight is 493 g/mol. The number of rotatable bonds is 11. The Labute approximate surface area is 179 Å². The topological polar surface area (TPSA) is 54.9 Å². The Kier molecular flexibility index (Phi) is 11.7. The maximum atomic E-state index is 14.2. The van der Waals surface area contributed by atoms with E-state index in [0.717, 1.165) is 43.9 Å². The van der Waals surface area contributed by atoms with Gasteiger partial charge in [-0.15, -0.1) is 24.0 Å². The van der Waals surface area contributed by atoms with Gasteiger partial charge in [-0.3, -0.25) is 4.99 Å². The fourth-order valence-electron chi connectivity index (χ4n) is 2.63. The highest BCUT2D eigenvalue weighted by atomic mass is 127. The Morgan fingerprint density at radius 2 is 2.07 bits per heavy atom. The molecular weight excluding hydrogens is 460 g/mol. The minimum atomic E-state index is -0.308. The third-order valence-corrected chi connectivity index (χ3v) is 4.52. The quantitative estimate of drug-likeness (QED) is 0.209. The van der Waals surface area contributed by atoms with Crippen molar-refractivity contribution in [2.24, 2.45) is 10.9 Å². The Balaban J connectivity index is 0.00000364. The largest absolute Gasteiger partial charge is 0.490 e. The molecule has 5 nitrogen and oxygen atoms in total. The van der Waals surface area contributed by atoms with Crippen LogP contribution in [0.5, 0.6) is 5.75 Å². The fraction of sp³-hybridized carbons (Fsp3) is 0.650. The molecule has 27 heavy (non-hydrogen) atoms. The number of aliphatic imine (C=N–C) groups is 1. The molecule has 0 aromatic heterocycles. The number of hydrogen-bond donors (Lipinski definition) is 2. The van der Waals surface area contributed by atoms with E-state index in [1.165, 1.54) is 18.9 Å². The molecule has 1 saturated carbocycles. The van der Waals surface area contributed by atoms with Gasteiger partial charge in [-0.2, -0.15) is 0 Å². The molecule has 1 unspecified atom stereocenters. The molecule has 0 heterocycles. The highest BCUT2D eigenvalue weighted by molar-refractivity contribution is 14.0.